The molecule has 0 aliphatic carbocycles. The molecule has 0 aromatic carbocycles. The van der Waals surface area contributed by atoms with Gasteiger partial charge < -0.3 is 65.3 Å². The van der Waals surface area contributed by atoms with Crippen molar-refractivity contribution in [1.29, 1.82) is 0 Å². The normalized spacial score (nSPS) is 14.1. The molecule has 0 rings (SSSR count). The van der Waals surface area contributed by atoms with Crippen molar-refractivity contribution < 1.29 is 44.1 Å². The minimum atomic E-state index is -1.62. The molecule has 0 aliphatic rings. The number of hydrogen-bond donors (Lipinski definition) is 12. The van der Waals surface area contributed by atoms with E-state index in [9.17, 15) is 39.0 Å². The number of aliphatic carboxylic acids is 2. The summed E-state index contributed by atoms with van der Waals surface area (Å²) in [6, 6.07) is -6.55. The first-order valence-corrected chi connectivity index (χ1v) is 14.7. The van der Waals surface area contributed by atoms with E-state index in [1.165, 1.54) is 0 Å². The lowest BCUT2D eigenvalue weighted by Gasteiger charge is -2.26. The third-order valence-electron chi connectivity index (χ3n) is 6.54. The lowest BCUT2D eigenvalue weighted by atomic mass is 10.0. The molecule has 0 radical (unpaired) electrons. The monoisotopic (exact) mass is 646 g/mol. The van der Waals surface area contributed by atoms with Crippen LogP contribution in [0.4, 0.5) is 0 Å². The number of rotatable bonds is 25. The Balaban J connectivity index is 6.00. The lowest BCUT2D eigenvalue weighted by Crippen LogP contribution is -2.58. The maximum atomic E-state index is 13.4. The molecule has 0 aliphatic heterocycles. The quantitative estimate of drug-likeness (QED) is 0.0253. The van der Waals surface area contributed by atoms with Gasteiger partial charge in [-0.1, -0.05) is 6.42 Å². The SMILES string of the molecule is NCCCC[C@H](NC(=O)[C@H](CCCN=C(N)N)NC(=O)[C@H](CCC(=O)O)NC(=O)[C@@H](N)CCCCN)C(=O)N[C@@H](CO)C(=O)O. The average Bonchev–Trinajstić information content (AvgIpc) is 2.98. The first kappa shape index (κ1) is 40.9. The molecule has 0 aromatic rings. The average molecular weight is 647 g/mol. The van der Waals surface area contributed by atoms with Gasteiger partial charge in [-0.2, -0.15) is 0 Å². The number of unbranched alkanes of at least 4 members (excludes halogenated alkanes) is 2. The Kier molecular flexibility index (Phi) is 21.2. The molecule has 19 heteroatoms. The molecule has 0 saturated heterocycles. The fourth-order valence-electron chi connectivity index (χ4n) is 3.99. The Morgan fingerprint density at radius 2 is 1.07 bits per heavy atom. The number of nitrogens with one attached hydrogen (secondary N) is 4. The minimum absolute atomic E-state index is 0.0436. The molecule has 0 bridgehead atoms. The molecular formula is C26H50N10O9. The number of aliphatic hydroxyl groups is 1. The standard InChI is InChI=1S/C26H50N10O9/c27-11-3-1-6-15(29)21(40)33-18(9-10-20(38)39)24(43)35-17(8-5-13-32-26(30)31)22(41)34-16(7-2-4-12-28)23(42)36-19(14-37)25(44)45/h15-19,37H,1-14,27-29H2,(H,33,40)(H,34,41)(H,35,43)(H,36,42)(H,38,39)(H,44,45)(H4,30,31,32)/t15-,16-,17-,18-,19-/m0/s1. The van der Waals surface area contributed by atoms with E-state index >= 15 is 0 Å². The number of guanidine groups is 1. The summed E-state index contributed by atoms with van der Waals surface area (Å²) in [5, 5.41) is 37.2. The molecular weight excluding hydrogens is 596 g/mol. The zero-order valence-corrected chi connectivity index (χ0v) is 25.4. The highest BCUT2D eigenvalue weighted by atomic mass is 16.4. The molecule has 0 spiro atoms. The van der Waals surface area contributed by atoms with Crippen LogP contribution in [-0.4, -0.2) is 113 Å². The molecule has 0 heterocycles. The van der Waals surface area contributed by atoms with Gasteiger partial charge in [-0.25, -0.2) is 4.79 Å². The summed E-state index contributed by atoms with van der Waals surface area (Å²) >= 11 is 0. The van der Waals surface area contributed by atoms with E-state index < -0.39 is 78.8 Å². The van der Waals surface area contributed by atoms with Crippen LogP contribution in [-0.2, 0) is 28.8 Å². The van der Waals surface area contributed by atoms with Crippen molar-refractivity contribution in [3.8, 4) is 0 Å². The van der Waals surface area contributed by atoms with Crippen molar-refractivity contribution >= 4 is 41.5 Å². The Hall–Kier alpha value is -4.07. The van der Waals surface area contributed by atoms with E-state index in [1.807, 2.05) is 0 Å². The Morgan fingerprint density at radius 1 is 0.622 bits per heavy atom. The van der Waals surface area contributed by atoms with E-state index in [-0.39, 0.29) is 44.6 Å². The Morgan fingerprint density at radius 3 is 1.51 bits per heavy atom. The molecule has 5 atom stereocenters. The van der Waals surface area contributed by atoms with Crippen molar-refractivity contribution in [2.24, 2.45) is 33.7 Å². The van der Waals surface area contributed by atoms with Crippen molar-refractivity contribution in [2.75, 3.05) is 26.2 Å². The molecule has 19 nitrogen and oxygen atoms in total. The maximum absolute atomic E-state index is 13.4. The molecule has 0 fully saturated rings. The highest BCUT2D eigenvalue weighted by Crippen LogP contribution is 2.08. The third-order valence-corrected chi connectivity index (χ3v) is 6.54. The number of aliphatic imine (C=N–C) groups is 1. The number of aliphatic hydroxyl groups excluding tert-OH is 1. The predicted octanol–water partition coefficient (Wildman–Crippen LogP) is -4.49. The molecule has 4 amide bonds. The fraction of sp³-hybridized carbons (Fsp3) is 0.731. The summed E-state index contributed by atoms with van der Waals surface area (Å²) in [7, 11) is 0. The number of nitrogens with two attached hydrogens (primary N) is 5. The molecule has 258 valence electrons. The van der Waals surface area contributed by atoms with Crippen LogP contribution in [0.3, 0.4) is 0 Å². The largest absolute Gasteiger partial charge is 0.481 e. The second kappa shape index (κ2) is 23.3. The molecule has 0 unspecified atom stereocenters. The van der Waals surface area contributed by atoms with E-state index in [2.05, 4.69) is 26.3 Å². The molecule has 17 N–H and O–H groups in total. The number of carbonyl (C=O) groups excluding carboxylic acids is 4. The van der Waals surface area contributed by atoms with Crippen LogP contribution in [0.1, 0.15) is 64.2 Å². The van der Waals surface area contributed by atoms with Crippen LogP contribution in [0.25, 0.3) is 0 Å². The number of amides is 4. The summed E-state index contributed by atoms with van der Waals surface area (Å²) in [4.78, 5) is 78.7. The topological polar surface area (TPSA) is 354 Å². The van der Waals surface area contributed by atoms with Crippen LogP contribution in [0, 0.1) is 0 Å². The molecule has 0 saturated carbocycles. The van der Waals surface area contributed by atoms with Gasteiger partial charge in [0.25, 0.3) is 0 Å². The maximum Gasteiger partial charge on any atom is 0.328 e. The van der Waals surface area contributed by atoms with Gasteiger partial charge in [0.15, 0.2) is 5.96 Å². The highest BCUT2D eigenvalue weighted by molar-refractivity contribution is 5.95. The van der Waals surface area contributed by atoms with Gasteiger partial charge in [-0.05, 0) is 64.5 Å². The van der Waals surface area contributed by atoms with Gasteiger partial charge in [0, 0.05) is 13.0 Å². The second-order valence-corrected chi connectivity index (χ2v) is 10.3. The van der Waals surface area contributed by atoms with E-state index in [4.69, 9.17) is 33.8 Å². The van der Waals surface area contributed by atoms with Crippen LogP contribution in [0.15, 0.2) is 4.99 Å². The number of carboxylic acids is 2. The van der Waals surface area contributed by atoms with Crippen molar-refractivity contribution in [3.63, 3.8) is 0 Å². The number of carbonyl (C=O) groups is 6. The molecule has 45 heavy (non-hydrogen) atoms. The summed E-state index contributed by atoms with van der Waals surface area (Å²) in [5.74, 6) is -6.21. The smallest absolute Gasteiger partial charge is 0.328 e. The van der Waals surface area contributed by atoms with Gasteiger partial charge in [-0.15, -0.1) is 0 Å². The zero-order valence-electron chi connectivity index (χ0n) is 25.4. The van der Waals surface area contributed by atoms with Crippen LogP contribution >= 0.6 is 0 Å². The molecule has 0 aromatic heterocycles. The van der Waals surface area contributed by atoms with Crippen molar-refractivity contribution in [1.82, 2.24) is 21.3 Å². The summed E-state index contributed by atoms with van der Waals surface area (Å²) in [6.45, 7) is -0.119. The fourth-order valence-corrected chi connectivity index (χ4v) is 3.99. The Bertz CT molecular complexity index is 994. The summed E-state index contributed by atoms with van der Waals surface area (Å²) in [6.07, 6.45) is 1.72. The van der Waals surface area contributed by atoms with E-state index in [0.29, 0.717) is 38.8 Å². The van der Waals surface area contributed by atoms with Crippen LogP contribution < -0.4 is 49.9 Å². The van der Waals surface area contributed by atoms with Crippen LogP contribution in [0.2, 0.25) is 0 Å². The van der Waals surface area contributed by atoms with Crippen molar-refractivity contribution in [3.05, 3.63) is 0 Å². The summed E-state index contributed by atoms with van der Waals surface area (Å²) < 4.78 is 0. The number of carboxylic acid groups (broad SMARTS) is 2. The Labute approximate surface area is 261 Å². The second-order valence-electron chi connectivity index (χ2n) is 10.3. The van der Waals surface area contributed by atoms with Gasteiger partial charge in [0.05, 0.1) is 12.6 Å². The van der Waals surface area contributed by atoms with Gasteiger partial charge in [-0.3, -0.25) is 29.0 Å². The first-order valence-electron chi connectivity index (χ1n) is 14.7. The van der Waals surface area contributed by atoms with E-state index in [1.54, 1.807) is 0 Å². The predicted molar refractivity (Wildman–Crippen MR) is 163 cm³/mol. The first-order chi connectivity index (χ1) is 21.3. The summed E-state index contributed by atoms with van der Waals surface area (Å²) in [5.41, 5.74) is 27.6. The highest BCUT2D eigenvalue weighted by Gasteiger charge is 2.31. The minimum Gasteiger partial charge on any atom is -0.481 e. The third kappa shape index (κ3) is 18.4. The number of nitrogens with zero attached hydrogens (tertiary/aromatic N) is 1. The van der Waals surface area contributed by atoms with Crippen molar-refractivity contribution in [2.45, 2.75) is 94.4 Å². The van der Waals surface area contributed by atoms with Gasteiger partial charge in [0.1, 0.15) is 24.2 Å². The van der Waals surface area contributed by atoms with E-state index in [0.717, 1.165) is 0 Å². The number of hydrogen-bond acceptors (Lipinski definition) is 11. The van der Waals surface area contributed by atoms with Gasteiger partial charge in [0.2, 0.25) is 23.6 Å². The van der Waals surface area contributed by atoms with Crippen LogP contribution in [0.5, 0.6) is 0 Å². The van der Waals surface area contributed by atoms with Gasteiger partial charge >= 0.3 is 11.9 Å². The lowest BCUT2D eigenvalue weighted by molar-refractivity contribution is -0.143. The zero-order chi connectivity index (χ0) is 34.4.